The number of aromatic carboxylic acids is 1. The zero-order chi connectivity index (χ0) is 16.5. The fourth-order valence-electron chi connectivity index (χ4n) is 1.77. The topological polar surface area (TPSA) is 132 Å². The number of aromatic nitrogens is 2. The first-order valence-corrected chi connectivity index (χ1v) is 7.71. The van der Waals surface area contributed by atoms with Crippen molar-refractivity contribution in [3.63, 3.8) is 0 Å². The van der Waals surface area contributed by atoms with Crippen molar-refractivity contribution in [2.75, 3.05) is 0 Å². The lowest BCUT2D eigenvalue weighted by molar-refractivity contribution is 0.0685. The first-order valence-electron chi connectivity index (χ1n) is 5.79. The second kappa shape index (κ2) is 5.87. The van der Waals surface area contributed by atoms with Crippen molar-refractivity contribution < 1.29 is 23.1 Å². The smallest absolute Gasteiger partial charge is 0.354 e. The summed E-state index contributed by atoms with van der Waals surface area (Å²) in [6.07, 6.45) is 2.30. The van der Waals surface area contributed by atoms with Crippen LogP contribution in [-0.2, 0) is 16.6 Å². The van der Waals surface area contributed by atoms with E-state index in [-0.39, 0.29) is 27.7 Å². The predicted octanol–water partition coefficient (Wildman–Crippen LogP) is 0.765. The highest BCUT2D eigenvalue weighted by Crippen LogP contribution is 2.22. The number of ketones is 1. The van der Waals surface area contributed by atoms with Crippen LogP contribution in [0, 0.1) is 0 Å². The second-order valence-corrected chi connectivity index (χ2v) is 6.26. The Bertz CT molecular complexity index is 859. The quantitative estimate of drug-likeness (QED) is 0.770. The maximum absolute atomic E-state index is 12.2. The van der Waals surface area contributed by atoms with Gasteiger partial charge in [-0.3, -0.25) is 4.79 Å². The third-order valence-corrected chi connectivity index (χ3v) is 4.20. The monoisotopic (exact) mass is 343 g/mol. The van der Waals surface area contributed by atoms with E-state index in [1.165, 1.54) is 18.5 Å². The molecule has 0 aliphatic heterocycles. The van der Waals surface area contributed by atoms with Crippen LogP contribution in [0.1, 0.15) is 20.8 Å². The molecule has 0 fully saturated rings. The number of sulfonamides is 1. The highest BCUT2D eigenvalue weighted by molar-refractivity contribution is 7.89. The summed E-state index contributed by atoms with van der Waals surface area (Å²) in [6.45, 7) is -0.312. The Kier molecular flexibility index (Phi) is 4.31. The van der Waals surface area contributed by atoms with E-state index in [0.29, 0.717) is 0 Å². The number of hydrogen-bond acceptors (Lipinski definition) is 5. The van der Waals surface area contributed by atoms with Gasteiger partial charge in [-0.05, 0) is 18.2 Å². The molecule has 0 bridgehead atoms. The zero-order valence-electron chi connectivity index (χ0n) is 10.9. The molecule has 116 valence electrons. The third-order valence-electron chi connectivity index (χ3n) is 2.81. The molecule has 0 unspecified atom stereocenters. The first kappa shape index (κ1) is 16.1. The van der Waals surface area contributed by atoms with Crippen LogP contribution < -0.4 is 5.14 Å². The van der Waals surface area contributed by atoms with Crippen molar-refractivity contribution >= 4 is 33.4 Å². The lowest BCUT2D eigenvalue weighted by Gasteiger charge is -2.07. The molecule has 0 saturated carbocycles. The summed E-state index contributed by atoms with van der Waals surface area (Å²) in [7, 11) is -4.07. The Morgan fingerprint density at radius 3 is 2.64 bits per heavy atom. The summed E-state index contributed by atoms with van der Waals surface area (Å²) >= 11 is 5.73. The van der Waals surface area contributed by atoms with Crippen molar-refractivity contribution in [1.82, 2.24) is 9.55 Å². The van der Waals surface area contributed by atoms with Crippen LogP contribution in [-0.4, -0.2) is 34.8 Å². The minimum Gasteiger partial charge on any atom is -0.477 e. The van der Waals surface area contributed by atoms with Crippen LogP contribution in [0.3, 0.4) is 0 Å². The summed E-state index contributed by atoms with van der Waals surface area (Å²) in [5.41, 5.74) is -0.118. The average Bonchev–Trinajstić information content (AvgIpc) is 2.86. The number of nitrogens with two attached hydrogens (primary N) is 1. The van der Waals surface area contributed by atoms with Gasteiger partial charge < -0.3 is 9.67 Å². The van der Waals surface area contributed by atoms with Gasteiger partial charge in [0.05, 0.1) is 24.1 Å². The molecule has 1 aromatic carbocycles. The molecule has 0 saturated heterocycles. The van der Waals surface area contributed by atoms with Gasteiger partial charge in [0.1, 0.15) is 10.6 Å². The summed E-state index contributed by atoms with van der Waals surface area (Å²) in [5.74, 6) is -1.74. The number of carboxylic acids is 1. The molecule has 2 rings (SSSR count). The standard InChI is InChI=1S/C12H10ClN3O5S/c13-8-2-1-7(3-11(8)22(14,20)21)10(17)5-16-6-15-4-9(16)12(18)19/h1-4,6H,5H2,(H,18,19)(H2,14,20,21). The third kappa shape index (κ3) is 3.32. The molecule has 0 aliphatic carbocycles. The van der Waals surface area contributed by atoms with Gasteiger partial charge in [0.25, 0.3) is 0 Å². The molecule has 22 heavy (non-hydrogen) atoms. The molecule has 2 aromatic rings. The average molecular weight is 344 g/mol. The first-order chi connectivity index (χ1) is 10.2. The van der Waals surface area contributed by atoms with Gasteiger partial charge in [0, 0.05) is 5.56 Å². The molecule has 1 aromatic heterocycles. The maximum Gasteiger partial charge on any atom is 0.354 e. The summed E-state index contributed by atoms with van der Waals surface area (Å²) in [4.78, 5) is 26.4. The molecule has 1 heterocycles. The number of carbonyl (C=O) groups is 2. The van der Waals surface area contributed by atoms with Gasteiger partial charge >= 0.3 is 5.97 Å². The molecule has 10 heteroatoms. The number of benzene rings is 1. The van der Waals surface area contributed by atoms with Gasteiger partial charge in [0.2, 0.25) is 10.0 Å². The van der Waals surface area contributed by atoms with Gasteiger partial charge in [0.15, 0.2) is 5.78 Å². The molecule has 3 N–H and O–H groups in total. The lowest BCUT2D eigenvalue weighted by atomic mass is 10.1. The van der Waals surface area contributed by atoms with E-state index in [4.69, 9.17) is 21.8 Å². The molecule has 0 aliphatic rings. The van der Waals surface area contributed by atoms with Gasteiger partial charge in [-0.15, -0.1) is 0 Å². The molecular weight excluding hydrogens is 334 g/mol. The minimum absolute atomic E-state index is 0.0402. The number of carbonyl (C=O) groups excluding carboxylic acids is 1. The van der Waals surface area contributed by atoms with Crippen molar-refractivity contribution in [1.29, 1.82) is 0 Å². The normalized spacial score (nSPS) is 11.4. The van der Waals surface area contributed by atoms with Crippen LogP contribution in [0.25, 0.3) is 0 Å². The Hall–Kier alpha value is -2.23. The Morgan fingerprint density at radius 2 is 2.05 bits per heavy atom. The Balaban J connectivity index is 2.35. The van der Waals surface area contributed by atoms with Crippen molar-refractivity contribution in [2.45, 2.75) is 11.4 Å². The van der Waals surface area contributed by atoms with E-state index >= 15 is 0 Å². The number of primary sulfonamides is 1. The van der Waals surface area contributed by atoms with E-state index in [1.54, 1.807) is 0 Å². The molecule has 8 nitrogen and oxygen atoms in total. The van der Waals surface area contributed by atoms with Crippen LogP contribution >= 0.6 is 11.6 Å². The van der Waals surface area contributed by atoms with Crippen LogP contribution in [0.2, 0.25) is 5.02 Å². The van der Waals surface area contributed by atoms with E-state index in [1.807, 2.05) is 0 Å². The molecule has 0 radical (unpaired) electrons. The van der Waals surface area contributed by atoms with E-state index in [2.05, 4.69) is 4.98 Å². The van der Waals surface area contributed by atoms with Gasteiger partial charge in [-0.1, -0.05) is 11.6 Å². The number of Topliss-reactive ketones (excluding diaryl/α,β-unsaturated/α-hetero) is 1. The van der Waals surface area contributed by atoms with Crippen molar-refractivity contribution in [3.05, 3.63) is 47.0 Å². The number of rotatable bonds is 5. The molecule has 0 atom stereocenters. The van der Waals surface area contributed by atoms with Crippen molar-refractivity contribution in [3.8, 4) is 0 Å². The second-order valence-electron chi connectivity index (χ2n) is 4.33. The highest BCUT2D eigenvalue weighted by atomic mass is 35.5. The Morgan fingerprint density at radius 1 is 1.36 bits per heavy atom. The lowest BCUT2D eigenvalue weighted by Crippen LogP contribution is -2.17. The van der Waals surface area contributed by atoms with Crippen molar-refractivity contribution in [2.24, 2.45) is 5.14 Å². The van der Waals surface area contributed by atoms with Crippen LogP contribution in [0.15, 0.2) is 35.6 Å². The SMILES string of the molecule is NS(=O)(=O)c1cc(C(=O)Cn2cncc2C(=O)O)ccc1Cl. The number of halogens is 1. The largest absolute Gasteiger partial charge is 0.477 e. The Labute approximate surface area is 130 Å². The number of imidazole rings is 1. The molecular formula is C12H10ClN3O5S. The molecule has 0 amide bonds. The van der Waals surface area contributed by atoms with E-state index in [9.17, 15) is 18.0 Å². The summed E-state index contributed by atoms with van der Waals surface area (Å²) in [6, 6.07) is 3.62. The highest BCUT2D eigenvalue weighted by Gasteiger charge is 2.18. The van der Waals surface area contributed by atoms with Crippen LogP contribution in [0.5, 0.6) is 0 Å². The zero-order valence-corrected chi connectivity index (χ0v) is 12.5. The number of hydrogen-bond donors (Lipinski definition) is 2. The van der Waals surface area contributed by atoms with E-state index < -0.39 is 21.8 Å². The fourth-order valence-corrected chi connectivity index (χ4v) is 2.84. The number of nitrogens with zero attached hydrogens (tertiary/aromatic N) is 2. The number of carboxylic acid groups (broad SMARTS) is 1. The van der Waals surface area contributed by atoms with E-state index in [0.717, 1.165) is 16.8 Å². The summed E-state index contributed by atoms with van der Waals surface area (Å²) in [5, 5.41) is 13.8. The van der Waals surface area contributed by atoms with Gasteiger partial charge in [-0.25, -0.2) is 23.3 Å². The van der Waals surface area contributed by atoms with Gasteiger partial charge in [-0.2, -0.15) is 0 Å². The summed E-state index contributed by atoms with van der Waals surface area (Å²) < 4.78 is 23.9. The maximum atomic E-state index is 12.2. The van der Waals surface area contributed by atoms with Crippen LogP contribution in [0.4, 0.5) is 0 Å². The minimum atomic E-state index is -4.07. The fraction of sp³-hybridized carbons (Fsp3) is 0.0833. The predicted molar refractivity (Wildman–Crippen MR) is 76.3 cm³/mol. The molecule has 0 spiro atoms.